The lowest BCUT2D eigenvalue weighted by Crippen LogP contribution is -2.52. The van der Waals surface area contributed by atoms with Crippen molar-refractivity contribution in [3.63, 3.8) is 0 Å². The number of ether oxygens (including phenoxy) is 4. The molecule has 360 valence electrons. The first kappa shape index (κ1) is 54.8. The van der Waals surface area contributed by atoms with Crippen LogP contribution in [0.5, 0.6) is 0 Å². The van der Waals surface area contributed by atoms with Gasteiger partial charge in [-0.2, -0.15) is 0 Å². The summed E-state index contributed by atoms with van der Waals surface area (Å²) in [6.07, 6.45) is 1.06. The van der Waals surface area contributed by atoms with Crippen LogP contribution in [0.2, 0.25) is 5.02 Å². The quantitative estimate of drug-likeness (QED) is 0.0779. The summed E-state index contributed by atoms with van der Waals surface area (Å²) in [6.45, 7) is 8.52. The average molecular weight is 939 g/mol. The van der Waals surface area contributed by atoms with Gasteiger partial charge in [0.05, 0.1) is 64.3 Å². The molecule has 0 saturated carbocycles. The number of hydrogen-bond acceptors (Lipinski definition) is 13. The number of Topliss-reactive ketones (excluding diaryl/α,β-unsaturated/α-hetero) is 1. The Morgan fingerprint density at radius 1 is 0.859 bits per heavy atom. The maximum atomic E-state index is 13.3. The molecule has 0 aliphatic carbocycles. The van der Waals surface area contributed by atoms with E-state index in [-0.39, 0.29) is 112 Å². The lowest BCUT2D eigenvalue weighted by molar-refractivity contribution is -0.132. The molecule has 3 amide bonds. The summed E-state index contributed by atoms with van der Waals surface area (Å²) in [6, 6.07) is 11.1. The molecule has 2 aromatic carbocycles. The Hall–Kier alpha value is -3.56. The number of fused-ring (bicyclic) bond motifs is 1. The number of hydrogen-bond donors (Lipinski definition) is 4. The highest BCUT2D eigenvalue weighted by Crippen LogP contribution is 2.38. The Labute approximate surface area is 385 Å². The number of halogens is 1. The molecule has 0 aromatic heterocycles. The fraction of sp³-hybridized carbons (Fsp3) is 0.644. The van der Waals surface area contributed by atoms with Crippen molar-refractivity contribution in [1.29, 1.82) is 0 Å². The highest BCUT2D eigenvalue weighted by atomic mass is 35.5. The number of nitrogens with one attached hydrogen (secondary N) is 3. The first-order chi connectivity index (χ1) is 30.4. The highest BCUT2D eigenvalue weighted by molar-refractivity contribution is 7.89. The van der Waals surface area contributed by atoms with E-state index in [9.17, 15) is 27.6 Å². The third kappa shape index (κ3) is 19.9. The third-order valence-electron chi connectivity index (χ3n) is 10.8. The zero-order valence-corrected chi connectivity index (χ0v) is 40.3. The minimum atomic E-state index is -3.80. The van der Waals surface area contributed by atoms with E-state index >= 15 is 0 Å². The number of carbonyl (C=O) groups is 4. The third-order valence-corrected chi connectivity index (χ3v) is 12.6. The van der Waals surface area contributed by atoms with Crippen LogP contribution in [0.25, 0.3) is 0 Å². The van der Waals surface area contributed by atoms with E-state index in [0.717, 1.165) is 40.4 Å². The lowest BCUT2D eigenvalue weighted by atomic mass is 9.82. The molecule has 1 aliphatic rings. The van der Waals surface area contributed by atoms with Crippen molar-refractivity contribution >= 4 is 45.1 Å². The molecule has 0 saturated heterocycles. The molecule has 0 fully saturated rings. The second-order valence-electron chi connectivity index (χ2n) is 16.7. The summed E-state index contributed by atoms with van der Waals surface area (Å²) in [4.78, 5) is 56.9. The Kier molecular flexibility index (Phi) is 24.4. The summed E-state index contributed by atoms with van der Waals surface area (Å²) in [5.41, 5.74) is 8.58. The number of likely N-dealkylation sites (N-methyl/N-ethyl adjacent to an activating group) is 3. The summed E-state index contributed by atoms with van der Waals surface area (Å²) in [5, 5.41) is 6.62. The van der Waals surface area contributed by atoms with Gasteiger partial charge in [-0.05, 0) is 94.7 Å². The number of nitrogens with zero attached hydrogens (tertiary/aromatic N) is 3. The van der Waals surface area contributed by atoms with Gasteiger partial charge in [0.15, 0.2) is 0 Å². The fourth-order valence-corrected chi connectivity index (χ4v) is 8.84. The maximum Gasteiger partial charge on any atom is 0.240 e. The molecule has 0 spiro atoms. The zero-order chi connectivity index (χ0) is 47.1. The molecule has 1 heterocycles. The number of benzene rings is 2. The topological polar surface area (TPSA) is 211 Å². The molecule has 2 atom stereocenters. The van der Waals surface area contributed by atoms with E-state index in [1.807, 2.05) is 26.1 Å². The average Bonchev–Trinajstić information content (AvgIpc) is 3.24. The molecule has 1 aliphatic heterocycles. The molecule has 64 heavy (non-hydrogen) atoms. The number of ketones is 1. The second kappa shape index (κ2) is 28.5. The van der Waals surface area contributed by atoms with Gasteiger partial charge < -0.3 is 54.8 Å². The van der Waals surface area contributed by atoms with E-state index in [4.69, 9.17) is 36.3 Å². The van der Waals surface area contributed by atoms with Gasteiger partial charge in [-0.15, -0.1) is 0 Å². The van der Waals surface area contributed by atoms with Crippen molar-refractivity contribution in [1.82, 2.24) is 30.1 Å². The molecule has 3 rings (SSSR count). The smallest absolute Gasteiger partial charge is 0.240 e. The predicted molar refractivity (Wildman–Crippen MR) is 247 cm³/mol. The summed E-state index contributed by atoms with van der Waals surface area (Å²) >= 11 is 6.61. The van der Waals surface area contributed by atoms with Gasteiger partial charge in [-0.1, -0.05) is 29.8 Å². The van der Waals surface area contributed by atoms with Crippen LogP contribution in [0.1, 0.15) is 73.6 Å². The van der Waals surface area contributed by atoms with Crippen LogP contribution in [0, 0.1) is 6.92 Å². The van der Waals surface area contributed by atoms with Crippen LogP contribution in [-0.2, 0) is 54.7 Å². The minimum absolute atomic E-state index is 0.0232. The van der Waals surface area contributed by atoms with Gasteiger partial charge in [-0.3, -0.25) is 14.4 Å². The van der Waals surface area contributed by atoms with Crippen molar-refractivity contribution in [2.45, 2.75) is 75.3 Å². The molecule has 0 bridgehead atoms. The lowest BCUT2D eigenvalue weighted by Gasteiger charge is -2.36. The molecule has 2 aromatic rings. The maximum absolute atomic E-state index is 13.3. The summed E-state index contributed by atoms with van der Waals surface area (Å²) < 4.78 is 51.2. The van der Waals surface area contributed by atoms with E-state index in [1.165, 1.54) is 11.8 Å². The molecule has 19 heteroatoms. The molecular weight excluding hydrogens is 866 g/mol. The normalized spacial score (nSPS) is 15.1. The number of amides is 3. The summed E-state index contributed by atoms with van der Waals surface area (Å²) in [5.74, 6) is -0.773. The largest absolute Gasteiger partial charge is 0.378 e. The van der Waals surface area contributed by atoms with Gasteiger partial charge in [0.25, 0.3) is 0 Å². The number of aryl methyl sites for hydroxylation is 1. The predicted octanol–water partition coefficient (Wildman–Crippen LogP) is 2.45. The zero-order valence-electron chi connectivity index (χ0n) is 38.7. The first-order valence-corrected chi connectivity index (χ1v) is 23.9. The Morgan fingerprint density at radius 2 is 1.50 bits per heavy atom. The number of sulfonamides is 1. The van der Waals surface area contributed by atoms with Gasteiger partial charge in [0, 0.05) is 82.1 Å². The molecule has 1 unspecified atom stereocenters. The van der Waals surface area contributed by atoms with Crippen molar-refractivity contribution < 1.29 is 46.5 Å². The molecular formula is C45H72ClN7O10S. The minimum Gasteiger partial charge on any atom is -0.378 e. The van der Waals surface area contributed by atoms with Crippen molar-refractivity contribution in [2.75, 3.05) is 120 Å². The number of carbonyl (C=O) groups excluding carboxylic acids is 4. The van der Waals surface area contributed by atoms with Crippen LogP contribution in [0.15, 0.2) is 41.3 Å². The van der Waals surface area contributed by atoms with Crippen molar-refractivity contribution in [3.8, 4) is 0 Å². The number of nitrogens with two attached hydrogens (primary N) is 1. The Morgan fingerprint density at radius 3 is 2.17 bits per heavy atom. The van der Waals surface area contributed by atoms with Gasteiger partial charge >= 0.3 is 0 Å². The second-order valence-corrected chi connectivity index (χ2v) is 18.9. The van der Waals surface area contributed by atoms with Gasteiger partial charge in [-0.25, -0.2) is 13.1 Å². The molecule has 17 nitrogen and oxygen atoms in total. The Balaban J connectivity index is 1.43. The van der Waals surface area contributed by atoms with E-state index < -0.39 is 15.6 Å². The van der Waals surface area contributed by atoms with Crippen LogP contribution in [-0.4, -0.2) is 172 Å². The highest BCUT2D eigenvalue weighted by Gasteiger charge is 2.34. The van der Waals surface area contributed by atoms with E-state index in [2.05, 4.69) is 26.3 Å². The SMILES string of the molecule is CC(=O)CCC(CCC(=O)NCCOCCOCCN)(CCC(=O)N(C)CCOCCOCCNS(=O)(=O)c1cccc([C@@H]2CN(C)Cc3c(Cl)cc(C)cc32)c1)NC(=O)CN(C)C. The monoisotopic (exact) mass is 937 g/mol. The van der Waals surface area contributed by atoms with E-state index in [0.29, 0.717) is 46.1 Å². The van der Waals surface area contributed by atoms with Gasteiger partial charge in [0.2, 0.25) is 27.7 Å². The van der Waals surface area contributed by atoms with Crippen molar-refractivity contribution in [3.05, 3.63) is 63.7 Å². The van der Waals surface area contributed by atoms with Crippen LogP contribution < -0.4 is 21.1 Å². The standard InChI is InChI=1S/C45H72ClN7O10S/c1-34-28-38-39(31-52(5)32-40(38)41(46)29-34)36-8-7-9-37(30-36)64(58,59)49-18-22-62-26-27-63-23-19-53(6)44(57)12-15-45(13-10-35(2)54,50-43(56)33-51(3)4)14-11-42(55)48-17-21-61-25-24-60-20-16-47/h7-9,28-30,39,49H,10-27,31-33,47H2,1-6H3,(H,48,55)(H,50,56)/t39-,45?/m0/s1. The van der Waals surface area contributed by atoms with Crippen molar-refractivity contribution in [2.24, 2.45) is 5.73 Å². The Bertz CT molecular complexity index is 1910. The van der Waals surface area contributed by atoms with Crippen LogP contribution in [0.4, 0.5) is 0 Å². The van der Waals surface area contributed by atoms with Crippen LogP contribution >= 0.6 is 11.6 Å². The molecule has 5 N–H and O–H groups in total. The summed E-state index contributed by atoms with van der Waals surface area (Å²) in [7, 11) is 3.42. The molecule has 0 radical (unpaired) electrons. The first-order valence-electron chi connectivity index (χ1n) is 22.0. The van der Waals surface area contributed by atoms with Gasteiger partial charge in [0.1, 0.15) is 5.78 Å². The fourth-order valence-electron chi connectivity index (χ4n) is 7.43. The van der Waals surface area contributed by atoms with Crippen LogP contribution in [0.3, 0.4) is 0 Å². The van der Waals surface area contributed by atoms with E-state index in [1.54, 1.807) is 44.2 Å². The number of rotatable bonds is 32.